The third kappa shape index (κ3) is 6.00. The number of aromatic amines is 1. The van der Waals surface area contributed by atoms with Crippen LogP contribution in [0.25, 0.3) is 11.2 Å². The minimum absolute atomic E-state index is 0.0527. The molecule has 3 heterocycles. The Morgan fingerprint density at radius 3 is 2.79 bits per heavy atom. The standard InChI is InChI=1S/C9H8N8O2S.C8H6Cl2O3/c1-16-3-13-6(17(18)19)8(16)20-7-4-5(12-2-11-4)14-9(10)15-7;9-5-1-2-7(6(10)3-5)13-4-8(11)12/h2-3H,1H3,(H3,10,11,12,14,15);1-3H,4H2,(H,11,12). The number of carboxylic acids is 1. The smallest absolute Gasteiger partial charge is 0.396 e. The third-order valence-electron chi connectivity index (χ3n) is 3.75. The van der Waals surface area contributed by atoms with Gasteiger partial charge in [0.1, 0.15) is 16.3 Å². The molecular weight excluding hydrogens is 499 g/mol. The number of hydrogen-bond acceptors (Lipinski definition) is 10. The number of carboxylic acid groups (broad SMARTS) is 1. The number of nitrogens with two attached hydrogens (primary N) is 1. The van der Waals surface area contributed by atoms with E-state index in [1.807, 2.05) is 0 Å². The molecule has 0 saturated heterocycles. The van der Waals surface area contributed by atoms with Crippen LogP contribution in [0.5, 0.6) is 5.75 Å². The predicted octanol–water partition coefficient (Wildman–Crippen LogP) is 3.18. The first kappa shape index (κ1) is 24.0. The van der Waals surface area contributed by atoms with Crippen LogP contribution in [-0.4, -0.2) is 52.1 Å². The van der Waals surface area contributed by atoms with Gasteiger partial charge < -0.3 is 35.2 Å². The van der Waals surface area contributed by atoms with Crippen LogP contribution >= 0.6 is 35.0 Å². The first-order valence-corrected chi connectivity index (χ1v) is 10.3. The van der Waals surface area contributed by atoms with E-state index in [-0.39, 0.29) is 11.8 Å². The lowest BCUT2D eigenvalue weighted by Gasteiger charge is -2.04. The highest BCUT2D eigenvalue weighted by Crippen LogP contribution is 2.35. The van der Waals surface area contributed by atoms with E-state index in [0.29, 0.717) is 37.0 Å². The Balaban J connectivity index is 0.000000205. The number of imidazole rings is 2. The minimum Gasteiger partial charge on any atom is -0.480 e. The number of nitrogens with one attached hydrogen (secondary N) is 1. The topological polar surface area (TPSA) is 188 Å². The molecule has 0 amide bonds. The second-order valence-corrected chi connectivity index (χ2v) is 7.91. The Bertz CT molecular complexity index is 1330. The Kier molecular flexibility index (Phi) is 7.52. The average Bonchev–Trinajstić information content (AvgIpc) is 3.34. The van der Waals surface area contributed by atoms with E-state index in [0.717, 1.165) is 11.8 Å². The van der Waals surface area contributed by atoms with Gasteiger partial charge in [-0.2, -0.15) is 4.98 Å². The quantitative estimate of drug-likeness (QED) is 0.195. The first-order chi connectivity index (χ1) is 15.7. The molecule has 4 N–H and O–H groups in total. The summed E-state index contributed by atoms with van der Waals surface area (Å²) in [5.74, 6) is -0.918. The van der Waals surface area contributed by atoms with Crippen LogP contribution in [0.15, 0.2) is 40.9 Å². The van der Waals surface area contributed by atoms with Crippen molar-refractivity contribution in [3.05, 3.63) is 51.0 Å². The number of halogens is 2. The van der Waals surface area contributed by atoms with Gasteiger partial charge in [-0.1, -0.05) is 23.2 Å². The molecule has 4 rings (SSSR count). The summed E-state index contributed by atoms with van der Waals surface area (Å²) in [4.78, 5) is 39.2. The monoisotopic (exact) mass is 512 g/mol. The van der Waals surface area contributed by atoms with Crippen LogP contribution in [0, 0.1) is 10.1 Å². The number of anilines is 1. The highest BCUT2D eigenvalue weighted by Gasteiger charge is 2.23. The second kappa shape index (κ2) is 10.3. The lowest BCUT2D eigenvalue weighted by Crippen LogP contribution is -2.09. The van der Waals surface area contributed by atoms with Crippen molar-refractivity contribution in [3.8, 4) is 5.75 Å². The van der Waals surface area contributed by atoms with Crippen LogP contribution in [0.2, 0.25) is 10.0 Å². The molecule has 16 heteroatoms. The number of fused-ring (bicyclic) bond motifs is 1. The molecule has 1 aromatic carbocycles. The van der Waals surface area contributed by atoms with Crippen molar-refractivity contribution in [3.63, 3.8) is 0 Å². The van der Waals surface area contributed by atoms with Gasteiger partial charge >= 0.3 is 11.8 Å². The van der Waals surface area contributed by atoms with E-state index >= 15 is 0 Å². The van der Waals surface area contributed by atoms with E-state index in [1.165, 1.54) is 24.8 Å². The molecule has 0 bridgehead atoms. The van der Waals surface area contributed by atoms with E-state index in [4.69, 9.17) is 38.8 Å². The van der Waals surface area contributed by atoms with Crippen molar-refractivity contribution in [2.75, 3.05) is 12.3 Å². The third-order valence-corrected chi connectivity index (χ3v) is 5.43. The SMILES string of the molecule is Cn1cnc([N+](=O)[O-])c1Sc1nc(N)nc2nc[nH]c12.O=C(O)COc1ccc(Cl)cc1Cl. The maximum absolute atomic E-state index is 10.9. The zero-order valence-corrected chi connectivity index (χ0v) is 18.9. The molecular formula is C17H14Cl2N8O5S. The highest BCUT2D eigenvalue weighted by molar-refractivity contribution is 7.99. The van der Waals surface area contributed by atoms with Crippen LogP contribution in [0.3, 0.4) is 0 Å². The maximum atomic E-state index is 10.9. The molecule has 0 aliphatic heterocycles. The summed E-state index contributed by atoms with van der Waals surface area (Å²) in [6.45, 7) is -0.415. The van der Waals surface area contributed by atoms with Crippen LogP contribution < -0.4 is 10.5 Å². The molecule has 13 nitrogen and oxygen atoms in total. The van der Waals surface area contributed by atoms with Gasteiger partial charge in [0.25, 0.3) is 0 Å². The predicted molar refractivity (Wildman–Crippen MR) is 120 cm³/mol. The molecule has 0 saturated carbocycles. The normalized spacial score (nSPS) is 10.5. The first-order valence-electron chi connectivity index (χ1n) is 8.75. The summed E-state index contributed by atoms with van der Waals surface area (Å²) in [7, 11) is 1.66. The number of aliphatic carboxylic acids is 1. The van der Waals surface area contributed by atoms with E-state index < -0.39 is 17.5 Å². The summed E-state index contributed by atoms with van der Waals surface area (Å²) < 4.78 is 6.41. The largest absolute Gasteiger partial charge is 0.480 e. The Morgan fingerprint density at radius 2 is 2.12 bits per heavy atom. The molecule has 0 spiro atoms. The van der Waals surface area contributed by atoms with Gasteiger partial charge in [0.2, 0.25) is 12.3 Å². The van der Waals surface area contributed by atoms with Gasteiger partial charge in [0.15, 0.2) is 17.3 Å². The number of ether oxygens (including phenoxy) is 1. The summed E-state index contributed by atoms with van der Waals surface area (Å²) >= 11 is 12.4. The number of hydrogen-bond donors (Lipinski definition) is 3. The van der Waals surface area contributed by atoms with Gasteiger partial charge in [-0.15, -0.1) is 0 Å². The fourth-order valence-corrected chi connectivity index (χ4v) is 3.82. The lowest BCUT2D eigenvalue weighted by atomic mass is 10.3. The van der Waals surface area contributed by atoms with E-state index in [9.17, 15) is 14.9 Å². The lowest BCUT2D eigenvalue weighted by molar-refractivity contribution is -0.392. The number of rotatable bonds is 6. The molecule has 0 radical (unpaired) electrons. The van der Waals surface area contributed by atoms with Gasteiger partial charge in [-0.05, 0) is 39.9 Å². The molecule has 0 aliphatic carbocycles. The summed E-state index contributed by atoms with van der Waals surface area (Å²) in [6, 6.07) is 4.58. The molecule has 0 fully saturated rings. The van der Waals surface area contributed by atoms with Gasteiger partial charge in [-0.3, -0.25) is 0 Å². The van der Waals surface area contributed by atoms with Crippen molar-refractivity contribution in [1.82, 2.24) is 29.5 Å². The Morgan fingerprint density at radius 1 is 1.36 bits per heavy atom. The molecule has 3 aromatic heterocycles. The molecule has 4 aromatic rings. The summed E-state index contributed by atoms with van der Waals surface area (Å²) in [6.07, 6.45) is 2.83. The molecule has 0 atom stereocenters. The number of aryl methyl sites for hydroxylation is 1. The summed E-state index contributed by atoms with van der Waals surface area (Å²) in [5.41, 5.74) is 6.58. The maximum Gasteiger partial charge on any atom is 0.396 e. The number of carbonyl (C=O) groups is 1. The summed E-state index contributed by atoms with van der Waals surface area (Å²) in [5, 5.41) is 20.9. The second-order valence-electron chi connectivity index (χ2n) is 6.09. The number of benzene rings is 1. The van der Waals surface area contributed by atoms with Crippen molar-refractivity contribution >= 4 is 63.9 Å². The molecule has 0 unspecified atom stereocenters. The number of nitrogen functional groups attached to an aromatic ring is 1. The molecule has 33 heavy (non-hydrogen) atoms. The Hall–Kier alpha value is -3.62. The number of H-pyrrole nitrogens is 1. The number of nitrogens with zero attached hydrogens (tertiary/aromatic N) is 6. The van der Waals surface area contributed by atoms with Gasteiger partial charge in [0.05, 0.1) is 11.3 Å². The van der Waals surface area contributed by atoms with E-state index in [1.54, 1.807) is 17.7 Å². The van der Waals surface area contributed by atoms with Crippen LogP contribution in [-0.2, 0) is 11.8 Å². The zero-order chi connectivity index (χ0) is 24.1. The molecule has 172 valence electrons. The minimum atomic E-state index is -1.05. The van der Waals surface area contributed by atoms with Crippen LogP contribution in [0.1, 0.15) is 0 Å². The number of nitro groups is 1. The van der Waals surface area contributed by atoms with Crippen molar-refractivity contribution in [2.45, 2.75) is 10.1 Å². The number of aromatic nitrogens is 6. The van der Waals surface area contributed by atoms with Gasteiger partial charge in [0, 0.05) is 12.1 Å². The molecule has 0 aliphatic rings. The fraction of sp³-hybridized carbons (Fsp3) is 0.118. The van der Waals surface area contributed by atoms with Crippen LogP contribution in [0.4, 0.5) is 11.8 Å². The zero-order valence-electron chi connectivity index (χ0n) is 16.6. The van der Waals surface area contributed by atoms with Crippen molar-refractivity contribution < 1.29 is 19.6 Å². The average molecular weight is 513 g/mol. The van der Waals surface area contributed by atoms with Gasteiger partial charge in [-0.25, -0.2) is 14.8 Å². The highest BCUT2D eigenvalue weighted by atomic mass is 35.5. The van der Waals surface area contributed by atoms with E-state index in [2.05, 4.69) is 24.9 Å². The fourth-order valence-electron chi connectivity index (χ4n) is 2.37. The van der Waals surface area contributed by atoms with Crippen molar-refractivity contribution in [2.24, 2.45) is 7.05 Å². The van der Waals surface area contributed by atoms with Crippen molar-refractivity contribution in [1.29, 1.82) is 0 Å². The Labute approximate surface area is 199 Å².